The molecule has 0 amide bonds. The zero-order chi connectivity index (χ0) is 11.3. The summed E-state index contributed by atoms with van der Waals surface area (Å²) in [7, 11) is 0. The molecule has 1 N–H and O–H groups in total. The number of rotatable bonds is 1. The maximum atomic E-state index is 13.8. The largest absolute Gasteiger partial charge is 0.301 e. The minimum Gasteiger partial charge on any atom is -0.301 e. The van der Waals surface area contributed by atoms with Crippen LogP contribution in [-0.2, 0) is 0 Å². The van der Waals surface area contributed by atoms with Crippen LogP contribution in [0.5, 0.6) is 0 Å². The third-order valence-corrected chi connectivity index (χ3v) is 4.58. The molecule has 1 aliphatic carbocycles. The van der Waals surface area contributed by atoms with E-state index < -0.39 is 0 Å². The summed E-state index contributed by atoms with van der Waals surface area (Å²) >= 11 is 12.0. The van der Waals surface area contributed by atoms with Gasteiger partial charge in [-0.05, 0) is 25.0 Å². The van der Waals surface area contributed by atoms with Crippen molar-refractivity contribution in [1.29, 1.82) is 0 Å². The third kappa shape index (κ3) is 1.47. The Labute approximate surface area is 104 Å². The van der Waals surface area contributed by atoms with E-state index >= 15 is 0 Å². The van der Waals surface area contributed by atoms with Gasteiger partial charge in [-0.25, -0.2) is 4.39 Å². The van der Waals surface area contributed by atoms with Gasteiger partial charge in [0.1, 0.15) is 5.82 Å². The fourth-order valence-corrected chi connectivity index (χ4v) is 3.27. The molecule has 1 saturated heterocycles. The van der Waals surface area contributed by atoms with Gasteiger partial charge < -0.3 is 5.32 Å². The second-order valence-electron chi connectivity index (χ2n) is 4.70. The summed E-state index contributed by atoms with van der Waals surface area (Å²) in [4.78, 5) is 0. The highest BCUT2D eigenvalue weighted by Gasteiger charge is 2.56. The fourth-order valence-electron chi connectivity index (χ4n) is 2.84. The molecule has 2 aliphatic rings. The Bertz CT molecular complexity index is 441. The predicted octanol–water partition coefficient (Wildman–Crippen LogP) is 4.09. The Hall–Kier alpha value is -0.310. The molecule has 1 aliphatic heterocycles. The lowest BCUT2D eigenvalue weighted by Crippen LogP contribution is -2.08. The molecule has 4 heteroatoms. The molecule has 1 spiro atoms. The number of hydrogen-bond acceptors (Lipinski definition) is 1. The van der Waals surface area contributed by atoms with Crippen LogP contribution in [0.2, 0.25) is 10.0 Å². The van der Waals surface area contributed by atoms with Gasteiger partial charge in [0.15, 0.2) is 0 Å². The maximum absolute atomic E-state index is 13.8. The molecule has 0 radical (unpaired) electrons. The molecule has 1 atom stereocenters. The van der Waals surface area contributed by atoms with Crippen LogP contribution in [0.15, 0.2) is 12.1 Å². The van der Waals surface area contributed by atoms with Crippen LogP contribution in [0.1, 0.15) is 37.3 Å². The molecule has 2 fully saturated rings. The highest BCUT2D eigenvalue weighted by atomic mass is 35.5. The first kappa shape index (κ1) is 10.8. The van der Waals surface area contributed by atoms with E-state index in [0.29, 0.717) is 15.6 Å². The van der Waals surface area contributed by atoms with E-state index in [0.717, 1.165) is 12.8 Å². The SMILES string of the molecule is Fc1ccc(Cl)c(Cl)c1C1NC12CCCC2. The Balaban J connectivity index is 1.99. The second-order valence-corrected chi connectivity index (χ2v) is 5.48. The first-order valence-corrected chi connectivity index (χ1v) is 6.31. The molecule has 1 aromatic carbocycles. The van der Waals surface area contributed by atoms with Crippen molar-refractivity contribution in [2.24, 2.45) is 0 Å². The third-order valence-electron chi connectivity index (χ3n) is 3.76. The van der Waals surface area contributed by atoms with Crippen molar-refractivity contribution < 1.29 is 4.39 Å². The minimum atomic E-state index is -0.254. The lowest BCUT2D eigenvalue weighted by molar-refractivity contribution is 0.588. The summed E-state index contributed by atoms with van der Waals surface area (Å²) in [6.07, 6.45) is 4.65. The summed E-state index contributed by atoms with van der Waals surface area (Å²) in [5.74, 6) is -0.254. The van der Waals surface area contributed by atoms with E-state index in [1.165, 1.54) is 25.0 Å². The summed E-state index contributed by atoms with van der Waals surface area (Å²) in [5.41, 5.74) is 0.658. The van der Waals surface area contributed by atoms with Gasteiger partial charge in [0.2, 0.25) is 0 Å². The Morgan fingerprint density at radius 2 is 1.94 bits per heavy atom. The molecule has 1 aromatic rings. The Morgan fingerprint density at radius 3 is 2.62 bits per heavy atom. The molecule has 1 heterocycles. The van der Waals surface area contributed by atoms with Gasteiger partial charge in [0, 0.05) is 11.1 Å². The van der Waals surface area contributed by atoms with Crippen LogP contribution in [0, 0.1) is 5.82 Å². The number of nitrogens with one attached hydrogen (secondary N) is 1. The average Bonchev–Trinajstić information content (AvgIpc) is 2.72. The molecule has 16 heavy (non-hydrogen) atoms. The van der Waals surface area contributed by atoms with Gasteiger partial charge in [-0.15, -0.1) is 0 Å². The molecule has 1 unspecified atom stereocenters. The molecular weight excluding hydrogens is 248 g/mol. The van der Waals surface area contributed by atoms with E-state index in [1.807, 2.05) is 0 Å². The van der Waals surface area contributed by atoms with Gasteiger partial charge in [0.05, 0.1) is 16.1 Å². The van der Waals surface area contributed by atoms with Crippen molar-refractivity contribution in [3.63, 3.8) is 0 Å². The van der Waals surface area contributed by atoms with Gasteiger partial charge in [-0.3, -0.25) is 0 Å². The van der Waals surface area contributed by atoms with Crippen LogP contribution in [-0.4, -0.2) is 5.54 Å². The Kier molecular flexibility index (Phi) is 2.43. The average molecular weight is 260 g/mol. The Morgan fingerprint density at radius 1 is 1.25 bits per heavy atom. The summed E-state index contributed by atoms with van der Waals surface area (Å²) in [5, 5.41) is 4.18. The van der Waals surface area contributed by atoms with Crippen LogP contribution in [0.25, 0.3) is 0 Å². The molecule has 3 rings (SSSR count). The normalized spacial score (nSPS) is 26.3. The van der Waals surface area contributed by atoms with Gasteiger partial charge in [-0.2, -0.15) is 0 Å². The highest BCUT2D eigenvalue weighted by Crippen LogP contribution is 2.54. The quantitative estimate of drug-likeness (QED) is 0.596. The number of hydrogen-bond donors (Lipinski definition) is 1. The van der Waals surface area contributed by atoms with Gasteiger partial charge in [-0.1, -0.05) is 36.0 Å². The smallest absolute Gasteiger partial charge is 0.129 e. The molecule has 0 aromatic heterocycles. The predicted molar refractivity (Wildman–Crippen MR) is 63.5 cm³/mol. The topological polar surface area (TPSA) is 21.9 Å². The maximum Gasteiger partial charge on any atom is 0.129 e. The van der Waals surface area contributed by atoms with Crippen molar-refractivity contribution in [3.05, 3.63) is 33.6 Å². The van der Waals surface area contributed by atoms with E-state index in [9.17, 15) is 4.39 Å². The first-order valence-electron chi connectivity index (χ1n) is 5.55. The highest BCUT2D eigenvalue weighted by molar-refractivity contribution is 6.42. The van der Waals surface area contributed by atoms with E-state index in [2.05, 4.69) is 5.32 Å². The number of halogens is 3. The van der Waals surface area contributed by atoms with Crippen LogP contribution in [0.3, 0.4) is 0 Å². The minimum absolute atomic E-state index is 0.0567. The van der Waals surface area contributed by atoms with Crippen molar-refractivity contribution in [2.75, 3.05) is 0 Å². The first-order chi connectivity index (χ1) is 7.64. The van der Waals surface area contributed by atoms with Crippen LogP contribution < -0.4 is 5.32 Å². The monoisotopic (exact) mass is 259 g/mol. The lowest BCUT2D eigenvalue weighted by atomic mass is 9.97. The van der Waals surface area contributed by atoms with E-state index in [4.69, 9.17) is 23.2 Å². The summed E-state index contributed by atoms with van der Waals surface area (Å²) < 4.78 is 13.8. The zero-order valence-electron chi connectivity index (χ0n) is 8.69. The molecule has 1 nitrogen and oxygen atoms in total. The van der Waals surface area contributed by atoms with Crippen molar-refractivity contribution in [1.82, 2.24) is 5.32 Å². The second kappa shape index (κ2) is 3.59. The van der Waals surface area contributed by atoms with E-state index in [-0.39, 0.29) is 17.4 Å². The molecular formula is C12H12Cl2FN. The van der Waals surface area contributed by atoms with Gasteiger partial charge >= 0.3 is 0 Å². The van der Waals surface area contributed by atoms with Crippen molar-refractivity contribution >= 4 is 23.2 Å². The standard InChI is InChI=1S/C12H12Cl2FN/c13-7-3-4-8(15)9(10(7)14)11-12(16-11)5-1-2-6-12/h3-4,11,16H,1-2,5-6H2. The molecule has 0 bridgehead atoms. The zero-order valence-corrected chi connectivity index (χ0v) is 10.2. The fraction of sp³-hybridized carbons (Fsp3) is 0.500. The molecule has 86 valence electrons. The van der Waals surface area contributed by atoms with Crippen molar-refractivity contribution in [2.45, 2.75) is 37.3 Å². The van der Waals surface area contributed by atoms with Crippen LogP contribution >= 0.6 is 23.2 Å². The molecule has 1 saturated carbocycles. The summed E-state index contributed by atoms with van der Waals surface area (Å²) in [6.45, 7) is 0. The van der Waals surface area contributed by atoms with E-state index in [1.54, 1.807) is 0 Å². The van der Waals surface area contributed by atoms with Crippen molar-refractivity contribution in [3.8, 4) is 0 Å². The lowest BCUT2D eigenvalue weighted by Gasteiger charge is -2.09. The summed E-state index contributed by atoms with van der Waals surface area (Å²) in [6, 6.07) is 2.96. The van der Waals surface area contributed by atoms with Gasteiger partial charge in [0.25, 0.3) is 0 Å². The van der Waals surface area contributed by atoms with Crippen LogP contribution in [0.4, 0.5) is 4.39 Å². The number of benzene rings is 1.